The quantitative estimate of drug-likeness (QED) is 0.308. The van der Waals surface area contributed by atoms with Crippen molar-refractivity contribution in [2.24, 2.45) is 0 Å². The van der Waals surface area contributed by atoms with Crippen molar-refractivity contribution in [2.45, 2.75) is 12.4 Å². The monoisotopic (exact) mass is 482 g/mol. The first-order chi connectivity index (χ1) is 15.5. The third kappa shape index (κ3) is 5.22. The molecule has 4 aromatic rings. The van der Waals surface area contributed by atoms with E-state index in [0.717, 1.165) is 0 Å². The van der Waals surface area contributed by atoms with Gasteiger partial charge in [-0.2, -0.15) is 26.3 Å². The number of hydrogen-bond donors (Lipinski definition) is 2. The van der Waals surface area contributed by atoms with Gasteiger partial charge in [0.25, 0.3) is 0 Å². The summed E-state index contributed by atoms with van der Waals surface area (Å²) in [6.45, 7) is 0. The Balaban J connectivity index is 1.55. The van der Waals surface area contributed by atoms with Crippen molar-refractivity contribution in [1.29, 1.82) is 0 Å². The van der Waals surface area contributed by atoms with E-state index >= 15 is 0 Å². The molecule has 2 N–H and O–H groups in total. The molecule has 0 bridgehead atoms. The Kier molecular flexibility index (Phi) is 5.70. The maximum absolute atomic E-state index is 13.0. The Morgan fingerprint density at radius 3 is 2.12 bits per heavy atom. The number of rotatable bonds is 3. The summed E-state index contributed by atoms with van der Waals surface area (Å²) in [5.41, 5.74) is -2.10. The van der Waals surface area contributed by atoms with Gasteiger partial charge in [-0.25, -0.2) is 14.8 Å². The predicted octanol–water partition coefficient (Wildman–Crippen LogP) is 7.04. The van der Waals surface area contributed by atoms with Crippen LogP contribution < -0.4 is 10.6 Å². The summed E-state index contributed by atoms with van der Waals surface area (Å²) in [6.07, 6.45) is -8.41. The zero-order chi connectivity index (χ0) is 23.8. The number of carbonyl (C=O) groups is 1. The third-order valence-corrected chi connectivity index (χ3v) is 5.41. The van der Waals surface area contributed by atoms with Crippen LogP contribution in [0.1, 0.15) is 11.1 Å². The Hall–Kier alpha value is -3.67. The zero-order valence-electron chi connectivity index (χ0n) is 16.3. The zero-order valence-corrected chi connectivity index (χ0v) is 17.1. The number of nitrogens with zero attached hydrogens (tertiary/aromatic N) is 2. The lowest BCUT2D eigenvalue weighted by Gasteiger charge is -2.15. The average Bonchev–Trinajstić information content (AvgIpc) is 3.17. The van der Waals surface area contributed by atoms with E-state index in [1.165, 1.54) is 17.4 Å². The van der Waals surface area contributed by atoms with Gasteiger partial charge in [0.05, 0.1) is 11.1 Å². The Bertz CT molecular complexity index is 1270. The molecular weight excluding hydrogens is 470 g/mol. The number of aromatic nitrogens is 2. The number of nitrogens with one attached hydrogen (secondary N) is 2. The van der Waals surface area contributed by atoms with Gasteiger partial charge in [-0.15, -0.1) is 0 Å². The second-order valence-electron chi connectivity index (χ2n) is 6.80. The number of urea groups is 1. The molecule has 12 heteroatoms. The van der Waals surface area contributed by atoms with Gasteiger partial charge in [0.1, 0.15) is 15.4 Å². The maximum atomic E-state index is 13.0. The standard InChI is InChI=1S/C21H12F6N4OS/c22-20(23,24)12-8-13(21(25,26)27)10-15(9-12)30-19(32)29-14-4-1-3-11(7-14)17-31-16-5-2-6-28-18(16)33-17/h1-10H,(H2,29,30,32). The Morgan fingerprint density at radius 1 is 0.818 bits per heavy atom. The maximum Gasteiger partial charge on any atom is 0.416 e. The molecule has 0 saturated carbocycles. The Labute approximate surface area is 186 Å². The molecule has 0 spiro atoms. The minimum absolute atomic E-state index is 0.0145. The molecule has 4 rings (SSSR count). The van der Waals surface area contributed by atoms with Gasteiger partial charge in [-0.1, -0.05) is 23.5 Å². The van der Waals surface area contributed by atoms with Crippen LogP contribution in [0.25, 0.3) is 20.9 Å². The molecule has 2 amide bonds. The highest BCUT2D eigenvalue weighted by atomic mass is 32.1. The van der Waals surface area contributed by atoms with Crippen LogP contribution in [-0.2, 0) is 12.4 Å². The van der Waals surface area contributed by atoms with Gasteiger partial charge in [-0.3, -0.25) is 0 Å². The van der Waals surface area contributed by atoms with Crippen molar-refractivity contribution in [3.63, 3.8) is 0 Å². The molecule has 33 heavy (non-hydrogen) atoms. The molecule has 0 radical (unpaired) electrons. The van der Waals surface area contributed by atoms with Crippen LogP contribution in [0.5, 0.6) is 0 Å². The highest BCUT2D eigenvalue weighted by Crippen LogP contribution is 2.37. The van der Waals surface area contributed by atoms with Crippen LogP contribution >= 0.6 is 11.3 Å². The van der Waals surface area contributed by atoms with Crippen LogP contribution in [0.2, 0.25) is 0 Å². The molecule has 0 unspecified atom stereocenters. The number of benzene rings is 2. The summed E-state index contributed by atoms with van der Waals surface area (Å²) < 4.78 is 78.0. The lowest BCUT2D eigenvalue weighted by Crippen LogP contribution is -2.20. The number of fused-ring (bicyclic) bond motifs is 1. The predicted molar refractivity (Wildman–Crippen MR) is 112 cm³/mol. The van der Waals surface area contributed by atoms with Crippen LogP contribution in [0.4, 0.5) is 42.5 Å². The fourth-order valence-corrected chi connectivity index (χ4v) is 3.85. The topological polar surface area (TPSA) is 66.9 Å². The summed E-state index contributed by atoms with van der Waals surface area (Å²) in [5, 5.41) is 5.05. The van der Waals surface area contributed by atoms with Crippen LogP contribution in [0, 0.1) is 0 Å². The lowest BCUT2D eigenvalue weighted by molar-refractivity contribution is -0.143. The highest BCUT2D eigenvalue weighted by Gasteiger charge is 2.37. The smallest absolute Gasteiger partial charge is 0.308 e. The van der Waals surface area contributed by atoms with E-state index in [1.807, 2.05) is 5.32 Å². The van der Waals surface area contributed by atoms with Gasteiger partial charge < -0.3 is 10.6 Å². The number of amides is 2. The first-order valence-electron chi connectivity index (χ1n) is 9.18. The van der Waals surface area contributed by atoms with E-state index in [2.05, 4.69) is 15.3 Å². The van der Waals surface area contributed by atoms with Crippen molar-refractivity contribution < 1.29 is 31.1 Å². The van der Waals surface area contributed by atoms with E-state index in [4.69, 9.17) is 0 Å². The number of pyridine rings is 1. The van der Waals surface area contributed by atoms with Gasteiger partial charge in [0.2, 0.25) is 0 Å². The van der Waals surface area contributed by atoms with Gasteiger partial charge in [0, 0.05) is 23.1 Å². The summed E-state index contributed by atoms with van der Waals surface area (Å²) in [7, 11) is 0. The fourth-order valence-electron chi connectivity index (χ4n) is 2.94. The van der Waals surface area contributed by atoms with Crippen molar-refractivity contribution in [2.75, 3.05) is 10.6 Å². The average molecular weight is 482 g/mol. The van der Waals surface area contributed by atoms with Gasteiger partial charge >= 0.3 is 18.4 Å². The van der Waals surface area contributed by atoms with Crippen molar-refractivity contribution in [1.82, 2.24) is 9.97 Å². The van der Waals surface area contributed by atoms with Crippen LogP contribution in [-0.4, -0.2) is 16.0 Å². The van der Waals surface area contributed by atoms with Crippen molar-refractivity contribution in [3.05, 3.63) is 71.9 Å². The number of halogens is 6. The van der Waals surface area contributed by atoms with E-state index < -0.39 is 35.2 Å². The molecule has 0 aliphatic heterocycles. The van der Waals surface area contributed by atoms with Crippen LogP contribution in [0.15, 0.2) is 60.8 Å². The lowest BCUT2D eigenvalue weighted by atomic mass is 10.1. The number of thiazole rings is 1. The molecule has 0 saturated heterocycles. The van der Waals surface area contributed by atoms with Crippen molar-refractivity contribution in [3.8, 4) is 10.6 Å². The molecule has 0 fully saturated rings. The number of anilines is 2. The third-order valence-electron chi connectivity index (χ3n) is 4.38. The molecule has 5 nitrogen and oxygen atoms in total. The Morgan fingerprint density at radius 2 is 1.48 bits per heavy atom. The molecule has 0 aliphatic rings. The minimum Gasteiger partial charge on any atom is -0.308 e. The van der Waals surface area contributed by atoms with E-state index in [0.29, 0.717) is 33.1 Å². The molecule has 2 aromatic carbocycles. The van der Waals surface area contributed by atoms with E-state index in [9.17, 15) is 31.1 Å². The second kappa shape index (κ2) is 8.35. The first-order valence-corrected chi connectivity index (χ1v) is 10.0. The van der Waals surface area contributed by atoms with E-state index in [-0.39, 0.29) is 11.8 Å². The van der Waals surface area contributed by atoms with Crippen molar-refractivity contribution >= 4 is 39.1 Å². The molecular formula is C21H12F6N4OS. The largest absolute Gasteiger partial charge is 0.416 e. The fraction of sp³-hybridized carbons (Fsp3) is 0.0952. The number of alkyl halides is 6. The summed E-state index contributed by atoms with van der Waals surface area (Å²) in [5.74, 6) is 0. The molecule has 0 aliphatic carbocycles. The first kappa shape index (κ1) is 22.5. The normalized spacial score (nSPS) is 12.1. The summed E-state index contributed by atoms with van der Waals surface area (Å²) in [4.78, 5) is 21.7. The summed E-state index contributed by atoms with van der Waals surface area (Å²) >= 11 is 1.32. The van der Waals surface area contributed by atoms with Gasteiger partial charge in [-0.05, 0) is 42.5 Å². The molecule has 2 heterocycles. The van der Waals surface area contributed by atoms with E-state index in [1.54, 1.807) is 36.5 Å². The minimum atomic E-state index is -5.02. The van der Waals surface area contributed by atoms with Crippen LogP contribution in [0.3, 0.4) is 0 Å². The molecule has 0 atom stereocenters. The molecule has 170 valence electrons. The highest BCUT2D eigenvalue weighted by molar-refractivity contribution is 7.21. The number of hydrogen-bond acceptors (Lipinski definition) is 4. The SMILES string of the molecule is O=C(Nc1cccc(-c2nc3cccnc3s2)c1)Nc1cc(C(F)(F)F)cc(C(F)(F)F)c1. The van der Waals surface area contributed by atoms with Gasteiger partial charge in [0.15, 0.2) is 0 Å². The molecule has 2 aromatic heterocycles. The second-order valence-corrected chi connectivity index (χ2v) is 7.78. The summed E-state index contributed by atoms with van der Waals surface area (Å²) in [6, 6.07) is 9.82. The number of carbonyl (C=O) groups excluding carboxylic acids is 1.